The third-order valence-electron chi connectivity index (χ3n) is 4.69. The molecule has 2 saturated heterocycles. The van der Waals surface area contributed by atoms with Crippen LogP contribution in [0.25, 0.3) is 6.08 Å². The van der Waals surface area contributed by atoms with E-state index >= 15 is 0 Å². The maximum Gasteiger partial charge on any atom is 0.266 e. The third-order valence-corrected chi connectivity index (χ3v) is 6.09. The van der Waals surface area contributed by atoms with E-state index in [-0.39, 0.29) is 11.8 Å². The van der Waals surface area contributed by atoms with Gasteiger partial charge < -0.3 is 4.90 Å². The number of amides is 2. The second kappa shape index (κ2) is 9.85. The fourth-order valence-electron chi connectivity index (χ4n) is 3.21. The second-order valence-electron chi connectivity index (χ2n) is 6.67. The Labute approximate surface area is 170 Å². The molecule has 0 aliphatic carbocycles. The Balaban J connectivity index is 1.49. The van der Waals surface area contributed by atoms with Gasteiger partial charge >= 0.3 is 0 Å². The van der Waals surface area contributed by atoms with E-state index in [1.807, 2.05) is 53.5 Å². The van der Waals surface area contributed by atoms with Crippen LogP contribution in [-0.4, -0.2) is 45.6 Å². The molecule has 0 saturated carbocycles. The van der Waals surface area contributed by atoms with E-state index in [9.17, 15) is 9.59 Å². The van der Waals surface area contributed by atoms with Crippen LogP contribution < -0.4 is 0 Å². The lowest BCUT2D eigenvalue weighted by molar-refractivity contribution is -0.132. The highest BCUT2D eigenvalue weighted by Gasteiger charge is 2.31. The molecule has 0 aromatic heterocycles. The number of allylic oxidation sites excluding steroid dienone is 2. The number of carbonyl (C=O) groups is 2. The Kier molecular flexibility index (Phi) is 7.24. The molecule has 0 radical (unpaired) electrons. The molecule has 0 bridgehead atoms. The van der Waals surface area contributed by atoms with E-state index in [0.29, 0.717) is 28.6 Å². The van der Waals surface area contributed by atoms with Crippen LogP contribution in [0.3, 0.4) is 0 Å². The summed E-state index contributed by atoms with van der Waals surface area (Å²) in [6.45, 7) is 2.25. The first kappa shape index (κ1) is 19.8. The van der Waals surface area contributed by atoms with Gasteiger partial charge in [0.25, 0.3) is 5.91 Å². The number of nitrogens with zero attached hydrogens (tertiary/aromatic N) is 2. The lowest BCUT2D eigenvalue weighted by Crippen LogP contribution is -2.36. The van der Waals surface area contributed by atoms with Crippen molar-refractivity contribution in [2.45, 2.75) is 32.1 Å². The molecule has 4 nitrogen and oxygen atoms in total. The van der Waals surface area contributed by atoms with Crippen molar-refractivity contribution >= 4 is 46.2 Å². The van der Waals surface area contributed by atoms with Gasteiger partial charge in [-0.15, -0.1) is 0 Å². The van der Waals surface area contributed by atoms with E-state index in [2.05, 4.69) is 0 Å². The molecular formula is C21H24N2O2S2. The smallest absolute Gasteiger partial charge is 0.266 e. The SMILES string of the molecule is O=C(CCCN1C(=O)/C(=C/C=C/c2ccccc2)SC1=S)N1CCCCC1. The van der Waals surface area contributed by atoms with Gasteiger partial charge in [0, 0.05) is 26.1 Å². The zero-order valence-corrected chi connectivity index (χ0v) is 16.9. The predicted molar refractivity (Wildman–Crippen MR) is 115 cm³/mol. The Morgan fingerprint density at radius 2 is 1.89 bits per heavy atom. The number of rotatable bonds is 6. The largest absolute Gasteiger partial charge is 0.343 e. The molecule has 0 unspecified atom stereocenters. The molecule has 6 heteroatoms. The average molecular weight is 401 g/mol. The Morgan fingerprint density at radius 3 is 2.63 bits per heavy atom. The van der Waals surface area contributed by atoms with Crippen molar-refractivity contribution in [2.75, 3.05) is 19.6 Å². The summed E-state index contributed by atoms with van der Waals surface area (Å²) in [5, 5.41) is 0. The van der Waals surface area contributed by atoms with Crippen LogP contribution in [0.15, 0.2) is 47.4 Å². The maximum absolute atomic E-state index is 12.6. The minimum Gasteiger partial charge on any atom is -0.343 e. The molecule has 0 N–H and O–H groups in total. The van der Waals surface area contributed by atoms with Crippen LogP contribution in [-0.2, 0) is 9.59 Å². The number of thioether (sulfide) groups is 1. The molecule has 2 aliphatic heterocycles. The van der Waals surface area contributed by atoms with E-state index < -0.39 is 0 Å². The molecular weight excluding hydrogens is 376 g/mol. The molecule has 142 valence electrons. The third kappa shape index (κ3) is 5.53. The van der Waals surface area contributed by atoms with Gasteiger partial charge in [-0.2, -0.15) is 0 Å². The molecule has 1 aromatic rings. The van der Waals surface area contributed by atoms with Gasteiger partial charge in [0.1, 0.15) is 4.32 Å². The number of likely N-dealkylation sites (tertiary alicyclic amines) is 1. The zero-order valence-electron chi connectivity index (χ0n) is 15.3. The maximum atomic E-state index is 12.6. The molecule has 27 heavy (non-hydrogen) atoms. The normalized spacial score (nSPS) is 19.5. The van der Waals surface area contributed by atoms with E-state index in [1.165, 1.54) is 18.2 Å². The standard InChI is InChI=1S/C21H24N2O2S2/c24-19(22-14-5-2-6-15-22)13-8-16-23-20(25)18(27-21(23)26)12-7-11-17-9-3-1-4-10-17/h1,3-4,7,9-12H,2,5-6,8,13-16H2/b11-7+,18-12-. The average Bonchev–Trinajstić information content (AvgIpc) is 2.97. The second-order valence-corrected chi connectivity index (χ2v) is 8.35. The summed E-state index contributed by atoms with van der Waals surface area (Å²) in [6, 6.07) is 9.94. The topological polar surface area (TPSA) is 40.6 Å². The monoisotopic (exact) mass is 400 g/mol. The van der Waals surface area contributed by atoms with Crippen LogP contribution >= 0.6 is 24.0 Å². The number of benzene rings is 1. The molecule has 0 atom stereocenters. The molecule has 2 amide bonds. The molecule has 0 spiro atoms. The summed E-state index contributed by atoms with van der Waals surface area (Å²) < 4.78 is 0.574. The lowest BCUT2D eigenvalue weighted by Gasteiger charge is -2.27. The fourth-order valence-corrected chi connectivity index (χ4v) is 4.47. The summed E-state index contributed by atoms with van der Waals surface area (Å²) in [6.07, 6.45) is 10.2. The predicted octanol–water partition coefficient (Wildman–Crippen LogP) is 4.24. The minimum atomic E-state index is -0.0619. The molecule has 2 fully saturated rings. The summed E-state index contributed by atoms with van der Waals surface area (Å²) in [4.78, 5) is 29.0. The highest BCUT2D eigenvalue weighted by molar-refractivity contribution is 8.26. The summed E-state index contributed by atoms with van der Waals surface area (Å²) in [5.41, 5.74) is 1.08. The van der Waals surface area contributed by atoms with Gasteiger partial charge in [0.2, 0.25) is 5.91 Å². The Morgan fingerprint density at radius 1 is 1.15 bits per heavy atom. The molecule has 1 aromatic carbocycles. The Hall–Kier alpha value is -1.92. The van der Waals surface area contributed by atoms with Gasteiger partial charge in [-0.05, 0) is 37.3 Å². The first-order chi connectivity index (χ1) is 13.1. The molecule has 2 aliphatic rings. The van der Waals surface area contributed by atoms with Gasteiger partial charge in [0.05, 0.1) is 4.91 Å². The fraction of sp³-hybridized carbons (Fsp3) is 0.381. The van der Waals surface area contributed by atoms with Crippen molar-refractivity contribution in [3.8, 4) is 0 Å². The van der Waals surface area contributed by atoms with Gasteiger partial charge in [-0.1, -0.05) is 66.5 Å². The van der Waals surface area contributed by atoms with E-state index in [4.69, 9.17) is 12.2 Å². The minimum absolute atomic E-state index is 0.0619. The first-order valence-electron chi connectivity index (χ1n) is 9.40. The zero-order chi connectivity index (χ0) is 19.1. The molecule has 3 rings (SSSR count). The van der Waals surface area contributed by atoms with Crippen molar-refractivity contribution in [2.24, 2.45) is 0 Å². The van der Waals surface area contributed by atoms with Crippen molar-refractivity contribution < 1.29 is 9.59 Å². The van der Waals surface area contributed by atoms with E-state index in [0.717, 1.165) is 31.5 Å². The number of carbonyl (C=O) groups excluding carboxylic acids is 2. The number of hydrogen-bond acceptors (Lipinski definition) is 4. The van der Waals surface area contributed by atoms with Crippen LogP contribution in [0.5, 0.6) is 0 Å². The van der Waals surface area contributed by atoms with E-state index in [1.54, 1.807) is 4.90 Å². The lowest BCUT2D eigenvalue weighted by atomic mass is 10.1. The van der Waals surface area contributed by atoms with Crippen LogP contribution in [0, 0.1) is 0 Å². The number of piperidine rings is 1. The van der Waals surface area contributed by atoms with Crippen molar-refractivity contribution in [1.82, 2.24) is 9.80 Å². The summed E-state index contributed by atoms with van der Waals surface area (Å²) in [5.74, 6) is 0.134. The van der Waals surface area contributed by atoms with Gasteiger partial charge in [-0.3, -0.25) is 14.5 Å². The van der Waals surface area contributed by atoms with Crippen molar-refractivity contribution in [1.29, 1.82) is 0 Å². The molecule has 2 heterocycles. The van der Waals surface area contributed by atoms with Crippen molar-refractivity contribution in [3.63, 3.8) is 0 Å². The number of hydrogen-bond donors (Lipinski definition) is 0. The number of thiocarbonyl (C=S) groups is 1. The highest BCUT2D eigenvalue weighted by Crippen LogP contribution is 2.31. The quantitative estimate of drug-likeness (QED) is 0.529. The first-order valence-corrected chi connectivity index (χ1v) is 10.6. The van der Waals surface area contributed by atoms with Gasteiger partial charge in [-0.25, -0.2) is 0 Å². The van der Waals surface area contributed by atoms with Crippen LogP contribution in [0.1, 0.15) is 37.7 Å². The summed E-state index contributed by atoms with van der Waals surface area (Å²) in [7, 11) is 0. The van der Waals surface area contributed by atoms with Crippen LogP contribution in [0.4, 0.5) is 0 Å². The highest BCUT2D eigenvalue weighted by atomic mass is 32.2. The van der Waals surface area contributed by atoms with Crippen LogP contribution in [0.2, 0.25) is 0 Å². The summed E-state index contributed by atoms with van der Waals surface area (Å²) >= 11 is 6.68. The van der Waals surface area contributed by atoms with Crippen molar-refractivity contribution in [3.05, 3.63) is 53.0 Å². The Bertz CT molecular complexity index is 753. The van der Waals surface area contributed by atoms with Gasteiger partial charge in [0.15, 0.2) is 0 Å².